The molecule has 2 aliphatic rings. The summed E-state index contributed by atoms with van der Waals surface area (Å²) >= 11 is 1.62. The fourth-order valence-electron chi connectivity index (χ4n) is 5.78. The largest absolute Gasteiger partial charge is 0.479 e. The van der Waals surface area contributed by atoms with E-state index in [-0.39, 0.29) is 5.91 Å². The zero-order valence-electron chi connectivity index (χ0n) is 21.2. The molecule has 2 heterocycles. The quantitative estimate of drug-likeness (QED) is 0.283. The van der Waals surface area contributed by atoms with Gasteiger partial charge in [0.15, 0.2) is 12.6 Å². The van der Waals surface area contributed by atoms with E-state index in [1.165, 1.54) is 11.1 Å². The minimum Gasteiger partial charge on any atom is -0.479 e. The van der Waals surface area contributed by atoms with Gasteiger partial charge in [0.25, 0.3) is 5.91 Å². The predicted octanol–water partition coefficient (Wildman–Crippen LogP) is 5.40. The summed E-state index contributed by atoms with van der Waals surface area (Å²) < 4.78 is 14.1. The van der Waals surface area contributed by atoms with Gasteiger partial charge in [0.1, 0.15) is 5.54 Å². The molecule has 6 nitrogen and oxygen atoms in total. The van der Waals surface area contributed by atoms with Crippen molar-refractivity contribution >= 4 is 30.9 Å². The van der Waals surface area contributed by atoms with Crippen molar-refractivity contribution in [1.82, 2.24) is 9.99 Å². The van der Waals surface area contributed by atoms with Crippen LogP contribution in [0.5, 0.6) is 0 Å². The molecule has 194 valence electrons. The van der Waals surface area contributed by atoms with Crippen molar-refractivity contribution in [3.63, 3.8) is 0 Å². The Morgan fingerprint density at radius 1 is 1.08 bits per heavy atom. The first-order valence-electron chi connectivity index (χ1n) is 12.9. The van der Waals surface area contributed by atoms with Gasteiger partial charge in [0.2, 0.25) is 0 Å². The van der Waals surface area contributed by atoms with Crippen LogP contribution in [-0.2, 0) is 27.0 Å². The Morgan fingerprint density at radius 2 is 1.78 bits per heavy atom. The summed E-state index contributed by atoms with van der Waals surface area (Å²) in [6, 6.07) is 18.5. The maximum Gasteiger partial charge on any atom is 0.329 e. The molecule has 1 amide bonds. The monoisotopic (exact) mass is 528 g/mol. The summed E-state index contributed by atoms with van der Waals surface area (Å²) in [6.07, 6.45) is 6.44. The van der Waals surface area contributed by atoms with E-state index in [9.17, 15) is 19.3 Å². The highest BCUT2D eigenvalue weighted by Gasteiger charge is 2.71. The van der Waals surface area contributed by atoms with Gasteiger partial charge in [-0.3, -0.25) is 4.79 Å². The van der Waals surface area contributed by atoms with Gasteiger partial charge >= 0.3 is 5.97 Å². The van der Waals surface area contributed by atoms with E-state index in [4.69, 9.17) is 0 Å². The Morgan fingerprint density at radius 3 is 2.44 bits per heavy atom. The van der Waals surface area contributed by atoms with Crippen molar-refractivity contribution < 1.29 is 19.3 Å². The number of hydrogen-bond acceptors (Lipinski definition) is 4. The first-order chi connectivity index (χ1) is 17.3. The Balaban J connectivity index is 1.55. The fraction of sp³-hybridized carbons (Fsp3) is 0.500. The number of carbonyl (C=O) groups is 2. The molecule has 0 radical (unpaired) electrons. The number of thioether (sulfide) groups is 1. The number of hydrogen-bond donors (Lipinski definition) is 2. The molecule has 8 heteroatoms. The van der Waals surface area contributed by atoms with Crippen LogP contribution in [0, 0.1) is 0 Å². The second-order valence-corrected chi connectivity index (χ2v) is 13.9. The van der Waals surface area contributed by atoms with Crippen molar-refractivity contribution in [3.05, 3.63) is 71.3 Å². The van der Waals surface area contributed by atoms with Crippen LogP contribution in [0.4, 0.5) is 0 Å². The molecule has 2 aliphatic heterocycles. The van der Waals surface area contributed by atoms with Crippen LogP contribution in [-0.4, -0.2) is 57.4 Å². The maximum atomic E-state index is 14.1. The zero-order valence-corrected chi connectivity index (χ0v) is 23.0. The van der Waals surface area contributed by atoms with E-state index in [2.05, 4.69) is 29.4 Å². The predicted molar refractivity (Wildman–Crippen MR) is 147 cm³/mol. The molecule has 1 unspecified atom stereocenters. The van der Waals surface area contributed by atoms with Crippen LogP contribution in [0.15, 0.2) is 54.6 Å². The summed E-state index contributed by atoms with van der Waals surface area (Å²) in [5.41, 5.74) is 2.38. The average Bonchev–Trinajstić information content (AvgIpc) is 3.25. The highest BCUT2D eigenvalue weighted by Crippen LogP contribution is 2.72. The molecule has 36 heavy (non-hydrogen) atoms. The highest BCUT2D eigenvalue weighted by molar-refractivity contribution is 7.98. The molecule has 0 bridgehead atoms. The zero-order chi connectivity index (χ0) is 25.8. The van der Waals surface area contributed by atoms with Crippen LogP contribution in [0.1, 0.15) is 55.7 Å². The molecule has 0 aliphatic carbocycles. The topological polar surface area (TPSA) is 96.6 Å². The summed E-state index contributed by atoms with van der Waals surface area (Å²) in [6.45, 7) is 2.36. The Kier molecular flexibility index (Phi) is 8.33. The number of aliphatic carboxylic acids is 1. The van der Waals surface area contributed by atoms with E-state index in [0.717, 1.165) is 12.0 Å². The van der Waals surface area contributed by atoms with Gasteiger partial charge in [-0.25, -0.2) is 9.88 Å². The summed E-state index contributed by atoms with van der Waals surface area (Å²) in [7, 11) is -3.02. The van der Waals surface area contributed by atoms with Gasteiger partial charge in [0, 0.05) is 12.7 Å². The lowest BCUT2D eigenvalue weighted by Crippen LogP contribution is -2.57. The third-order valence-electron chi connectivity index (χ3n) is 7.80. The summed E-state index contributed by atoms with van der Waals surface area (Å²) in [4.78, 5) is 27.9. The van der Waals surface area contributed by atoms with Crippen molar-refractivity contribution in [1.29, 1.82) is 0 Å². The number of rotatable bonds is 12. The third kappa shape index (κ3) is 5.03. The lowest BCUT2D eigenvalue weighted by Gasteiger charge is -2.36. The van der Waals surface area contributed by atoms with E-state index < -0.39 is 24.1 Å². The lowest BCUT2D eigenvalue weighted by molar-refractivity contribution is -0.157. The molecule has 0 spiro atoms. The second-order valence-electron chi connectivity index (χ2n) is 10.0. The number of carbonyl (C=O) groups excluding carboxylic acids is 1. The van der Waals surface area contributed by atoms with Crippen molar-refractivity contribution in [2.75, 3.05) is 24.7 Å². The van der Waals surface area contributed by atoms with E-state index >= 15 is 0 Å². The standard InChI is InChI=1S/C28H37N2O4PS/c1-3-15-27(26(32)33)16-9-18-30(27)25(31)28(17-20-36-2)29-35(28,34)19-14-23-12-7-8-13-24(23)21-22-10-5-4-6-11-22/h4-8,10-13H,3,9,14-21H2,1-2H3,(H,29,34)(H,32,33)/t27-,28+,35?/m0/s1. The first-order valence-corrected chi connectivity index (χ1v) is 16.1. The number of carboxylic acid groups (broad SMARTS) is 1. The summed E-state index contributed by atoms with van der Waals surface area (Å²) in [5.74, 6) is -0.527. The first kappa shape index (κ1) is 27.0. The number of benzene rings is 2. The number of carboxylic acids is 1. The molecule has 4 rings (SSSR count). The number of amides is 1. The average molecular weight is 529 g/mol. The molecule has 2 aromatic rings. The number of likely N-dealkylation sites (tertiary alicyclic amines) is 1. The van der Waals surface area contributed by atoms with Gasteiger partial charge in [-0.15, -0.1) is 0 Å². The Labute approximate surface area is 218 Å². The van der Waals surface area contributed by atoms with E-state index in [1.807, 2.05) is 43.5 Å². The van der Waals surface area contributed by atoms with Crippen LogP contribution in [0.25, 0.3) is 0 Å². The maximum absolute atomic E-state index is 14.1. The van der Waals surface area contributed by atoms with E-state index in [0.29, 0.717) is 57.0 Å². The van der Waals surface area contributed by atoms with Crippen LogP contribution < -0.4 is 5.09 Å². The van der Waals surface area contributed by atoms with Crippen LogP contribution >= 0.6 is 19.1 Å². The third-order valence-corrected chi connectivity index (χ3v) is 11.5. The fourth-order valence-corrected chi connectivity index (χ4v) is 9.49. The van der Waals surface area contributed by atoms with Crippen molar-refractivity contribution in [2.45, 2.75) is 62.7 Å². The highest BCUT2D eigenvalue weighted by atomic mass is 32.2. The molecule has 0 aromatic heterocycles. The van der Waals surface area contributed by atoms with E-state index in [1.54, 1.807) is 16.7 Å². The molecule has 3 atom stereocenters. The van der Waals surface area contributed by atoms with Crippen molar-refractivity contribution in [3.8, 4) is 0 Å². The van der Waals surface area contributed by atoms with Gasteiger partial charge in [-0.05, 0) is 67.2 Å². The number of nitrogens with one attached hydrogen (secondary N) is 1. The van der Waals surface area contributed by atoms with Gasteiger partial charge in [-0.2, -0.15) is 11.8 Å². The SMILES string of the molecule is CCC[C@@]1(C(=O)O)CCCN1C(=O)[C@]1(CCSC)NP1(=O)CCc1ccccc1Cc1ccccc1. The van der Waals surface area contributed by atoms with Crippen molar-refractivity contribution in [2.24, 2.45) is 0 Å². The minimum atomic E-state index is -3.02. The molecular formula is C28H37N2O4PS. The number of aryl methyl sites for hydroxylation is 1. The Hall–Kier alpha value is -2.08. The molecule has 2 fully saturated rings. The molecule has 2 saturated heterocycles. The second kappa shape index (κ2) is 11.1. The lowest BCUT2D eigenvalue weighted by atomic mass is 9.90. The van der Waals surface area contributed by atoms with Crippen LogP contribution in [0.2, 0.25) is 0 Å². The normalized spacial score (nSPS) is 27.2. The molecular weight excluding hydrogens is 491 g/mol. The Bertz CT molecular complexity index is 1140. The smallest absolute Gasteiger partial charge is 0.329 e. The summed E-state index contributed by atoms with van der Waals surface area (Å²) in [5, 5.41) is 12.2. The van der Waals surface area contributed by atoms with Gasteiger partial charge in [0.05, 0.1) is 0 Å². The minimum absolute atomic E-state index is 0.272. The molecule has 0 saturated carbocycles. The van der Waals surface area contributed by atoms with Crippen LogP contribution in [0.3, 0.4) is 0 Å². The van der Waals surface area contributed by atoms with Gasteiger partial charge in [-0.1, -0.05) is 67.9 Å². The number of nitrogens with zero attached hydrogens (tertiary/aromatic N) is 1. The molecule has 2 N–H and O–H groups in total. The molecule has 2 aromatic carbocycles. The van der Waals surface area contributed by atoms with Gasteiger partial charge < -0.3 is 14.6 Å².